The Hall–Kier alpha value is -6.02. The number of phosphoric acid groups is 4. The number of aryl methyl sites for hydroxylation is 1. The third-order valence-electron chi connectivity index (χ3n) is 13.5. The maximum absolute atomic E-state index is 14.1. The van der Waals surface area contributed by atoms with Gasteiger partial charge >= 0.3 is 42.7 Å². The average Bonchev–Trinajstić information content (AvgIpc) is 3.89. The molecule has 4 saturated heterocycles. The van der Waals surface area contributed by atoms with Gasteiger partial charge in [-0.1, -0.05) is 0 Å². The zero-order valence-electron chi connectivity index (χ0n) is 43.4. The Balaban J connectivity index is 0.880. The van der Waals surface area contributed by atoms with Crippen LogP contribution in [0.3, 0.4) is 0 Å². The molecule has 4 fully saturated rings. The number of nitrogen functional groups attached to an aromatic ring is 3. The van der Waals surface area contributed by atoms with Crippen LogP contribution in [0.2, 0.25) is 0 Å². The van der Waals surface area contributed by atoms with Crippen molar-refractivity contribution in [2.45, 2.75) is 105 Å². The maximum Gasteiger partial charge on any atom is 0.472 e. The van der Waals surface area contributed by atoms with E-state index in [2.05, 4.69) is 44.4 Å². The summed E-state index contributed by atoms with van der Waals surface area (Å²) in [6.45, 7) is -3.18. The van der Waals surface area contributed by atoms with Crippen LogP contribution in [-0.4, -0.2) is 197 Å². The zero-order chi connectivity index (χ0) is 62.1. The minimum absolute atomic E-state index is 0.0370. The molecule has 4 aliphatic rings. The number of nitrogens with one attached hydrogen (secondary N) is 2. The summed E-state index contributed by atoms with van der Waals surface area (Å²) in [5.41, 5.74) is 13.0. The van der Waals surface area contributed by atoms with Crippen molar-refractivity contribution >= 4 is 71.2 Å². The predicted octanol–water partition coefficient (Wildman–Crippen LogP) is -5.14. The van der Waals surface area contributed by atoms with Gasteiger partial charge in [-0.15, -0.1) is 0 Å². The van der Waals surface area contributed by atoms with Crippen LogP contribution in [0.15, 0.2) is 56.6 Å². The minimum atomic E-state index is -5.76. The molecule has 0 aliphatic carbocycles. The number of aromatic nitrogens is 12. The van der Waals surface area contributed by atoms with E-state index >= 15 is 0 Å². The van der Waals surface area contributed by atoms with Crippen LogP contribution < -0.4 is 39.7 Å². The summed E-state index contributed by atoms with van der Waals surface area (Å²) in [5.74, 6) is -0.850. The first-order chi connectivity index (χ1) is 40.4. The minimum Gasteiger partial charge on any atom is -0.390 e. The second kappa shape index (κ2) is 24.2. The van der Waals surface area contributed by atoms with E-state index in [0.29, 0.717) is 4.57 Å². The van der Waals surface area contributed by atoms with Crippen LogP contribution >= 0.6 is 31.3 Å². The van der Waals surface area contributed by atoms with E-state index < -0.39 is 178 Å². The van der Waals surface area contributed by atoms with Gasteiger partial charge in [0.25, 0.3) is 11.1 Å². The highest BCUT2D eigenvalue weighted by Crippen LogP contribution is 2.54. The van der Waals surface area contributed by atoms with Crippen molar-refractivity contribution in [2.24, 2.45) is 0 Å². The summed E-state index contributed by atoms with van der Waals surface area (Å²) in [7, 11) is -22.2. The fourth-order valence-electron chi connectivity index (χ4n) is 9.51. The molecule has 6 aromatic rings. The molecule has 470 valence electrons. The zero-order valence-corrected chi connectivity index (χ0v) is 47.0. The largest absolute Gasteiger partial charge is 0.472 e. The van der Waals surface area contributed by atoms with Crippen molar-refractivity contribution < 1.29 is 114 Å². The number of aromatic amines is 2. The number of rotatable bonds is 22. The Morgan fingerprint density at radius 3 is 1.64 bits per heavy atom. The average molecular weight is 1300 g/mol. The Morgan fingerprint density at radius 1 is 0.605 bits per heavy atom. The number of nitrogens with two attached hydrogens (primary N) is 3. The number of aliphatic hydroxyl groups is 4. The van der Waals surface area contributed by atoms with Crippen LogP contribution in [-0.2, 0) is 68.9 Å². The van der Waals surface area contributed by atoms with Gasteiger partial charge in [-0.05, 0) is 13.0 Å². The van der Waals surface area contributed by atoms with Crippen molar-refractivity contribution in [1.29, 1.82) is 0 Å². The molecular weight excluding hydrogens is 1250 g/mol. The monoisotopic (exact) mass is 1300 g/mol. The molecule has 6 aromatic heterocycles. The molecule has 0 amide bonds. The van der Waals surface area contributed by atoms with Gasteiger partial charge in [0, 0.05) is 24.4 Å². The van der Waals surface area contributed by atoms with Crippen LogP contribution in [0.1, 0.15) is 36.9 Å². The molecular formula is C39H51N15O28P4. The number of ether oxygens (including phenoxy) is 4. The van der Waals surface area contributed by atoms with Crippen LogP contribution in [0, 0.1) is 6.92 Å². The second-order valence-electron chi connectivity index (χ2n) is 19.3. The SMILES string of the molecule is Cc1cn([C@H]2C[C@H](O)[C@@H](COP(=O)(O)O[C@H]3[C@@H](O)[C@H](n4cnc5c(=O)[nH]c(N)nc54)O[C@@H]3COP(=O)(O)O[C@H]3[C@@H](O)[C@H](n4cnc5c(N)ncnc54)O[C@@H]3COP(=O)(O)O[C@H]3[C@@H](O)[C@H](n4ccc(N)nc4=O)O[C@@H]3COP(=O)(O)O)O2)c(=O)[nH]c1=O. The number of H-pyrrole nitrogens is 2. The Bertz CT molecular complexity index is 3970. The smallest absolute Gasteiger partial charge is 0.390 e. The lowest BCUT2D eigenvalue weighted by atomic mass is 10.1. The summed E-state index contributed by atoms with van der Waals surface area (Å²) in [6.07, 6.45) is -23.2. The van der Waals surface area contributed by atoms with Crippen molar-refractivity contribution in [1.82, 2.24) is 58.1 Å². The summed E-state index contributed by atoms with van der Waals surface area (Å²) >= 11 is 0. The van der Waals surface area contributed by atoms with E-state index in [1.807, 2.05) is 0 Å². The highest BCUT2D eigenvalue weighted by atomic mass is 31.2. The van der Waals surface area contributed by atoms with E-state index in [9.17, 15) is 82.3 Å². The lowest BCUT2D eigenvalue weighted by molar-refractivity contribution is -0.0630. The maximum atomic E-state index is 14.1. The topological polar surface area (TPSA) is 627 Å². The summed E-state index contributed by atoms with van der Waals surface area (Å²) in [5, 5.41) is 45.6. The van der Waals surface area contributed by atoms with Crippen molar-refractivity contribution in [3.05, 3.63) is 84.7 Å². The van der Waals surface area contributed by atoms with E-state index in [1.54, 1.807) is 0 Å². The van der Waals surface area contributed by atoms with Gasteiger partial charge in [-0.3, -0.25) is 69.5 Å². The number of fused-ring (bicyclic) bond motifs is 2. The van der Waals surface area contributed by atoms with E-state index in [0.717, 1.165) is 44.9 Å². The molecule has 18 atom stereocenters. The van der Waals surface area contributed by atoms with Crippen molar-refractivity contribution in [3.8, 4) is 0 Å². The third kappa shape index (κ3) is 13.4. The van der Waals surface area contributed by atoms with Crippen LogP contribution in [0.25, 0.3) is 22.3 Å². The molecule has 10 heterocycles. The van der Waals surface area contributed by atoms with E-state index in [1.165, 1.54) is 13.1 Å². The lowest BCUT2D eigenvalue weighted by Gasteiger charge is -2.26. The normalized spacial score (nSPS) is 30.9. The van der Waals surface area contributed by atoms with Gasteiger partial charge in [0.05, 0.1) is 45.2 Å². The number of hydrogen-bond acceptors (Lipinski definition) is 32. The molecule has 3 unspecified atom stereocenters. The number of imidazole rings is 2. The van der Waals surface area contributed by atoms with E-state index in [4.69, 9.17) is 63.3 Å². The van der Waals surface area contributed by atoms with Crippen molar-refractivity contribution in [3.63, 3.8) is 0 Å². The molecule has 4 aliphatic heterocycles. The van der Waals surface area contributed by atoms with Gasteiger partial charge in [-0.25, -0.2) is 47.8 Å². The molecule has 17 N–H and O–H groups in total. The summed E-state index contributed by atoms with van der Waals surface area (Å²) in [4.78, 5) is 130. The van der Waals surface area contributed by atoms with Gasteiger partial charge in [0.15, 0.2) is 41.3 Å². The Morgan fingerprint density at radius 2 is 1.10 bits per heavy atom. The molecule has 10 rings (SSSR count). The van der Waals surface area contributed by atoms with E-state index in [-0.39, 0.29) is 45.9 Å². The highest BCUT2D eigenvalue weighted by molar-refractivity contribution is 7.48. The second-order valence-corrected chi connectivity index (χ2v) is 24.7. The van der Waals surface area contributed by atoms with Gasteiger partial charge in [-0.2, -0.15) is 9.97 Å². The number of aliphatic hydroxyl groups excluding tert-OH is 4. The standard InChI is InChI=1S/C39H51N15O28P4/c1-13-5-52(39(62)50-32(13)59)20-4-14(55)15(76-20)6-73-84(66,67)81-28-18(79-36(25(28)58)54-12-46-22-31(54)48-37(42)49-33(22)60)9-75-86(70,71)82-27-17(78-35(24(27)57)53-11-45-21-29(41)43-10-44-30(21)53)8-74-85(68,69)80-26-16(7-72-83(63,64)65)77-34(23(26)56)51-3-2-19(40)47-38(51)61/h2-3,5,10-12,14-18,20,23-28,34-36,55-58H,4,6-9H2,1H3,(H,66,67)(H,68,69)(H,70,71)(H2,40,47,61)(H2,41,43,44)(H,50,59,62)(H2,63,64,65)(H3,42,48,49,60)/t14-,15+,16+,17+,18+,20+,23+,24+,25+,26+,27+,28+,34+,35+,36+/m0/s1. The predicted molar refractivity (Wildman–Crippen MR) is 275 cm³/mol. The van der Waals surface area contributed by atoms with Gasteiger partial charge in [0.1, 0.15) is 84.9 Å². The molecule has 0 bridgehead atoms. The summed E-state index contributed by atoms with van der Waals surface area (Å²) < 4.78 is 116. The van der Waals surface area contributed by atoms with Gasteiger partial charge < -0.3 is 81.0 Å². The molecule has 0 aromatic carbocycles. The Kier molecular flexibility index (Phi) is 17.7. The van der Waals surface area contributed by atoms with Gasteiger partial charge in [0.2, 0.25) is 5.95 Å². The lowest BCUT2D eigenvalue weighted by Crippen LogP contribution is -2.38. The first-order valence-electron chi connectivity index (χ1n) is 24.7. The molecule has 47 heteroatoms. The van der Waals surface area contributed by atoms with Crippen LogP contribution in [0.4, 0.5) is 17.6 Å². The first-order valence-corrected chi connectivity index (χ1v) is 30.7. The third-order valence-corrected chi connectivity index (χ3v) is 16.9. The number of anilines is 3. The number of phosphoric ester groups is 4. The Labute approximate surface area is 475 Å². The first kappa shape index (κ1) is 63.0. The molecule has 43 nitrogen and oxygen atoms in total. The number of hydrogen-bond donors (Lipinski definition) is 14. The quantitative estimate of drug-likeness (QED) is 0.0283. The van der Waals surface area contributed by atoms with Crippen LogP contribution in [0.5, 0.6) is 0 Å². The molecule has 0 spiro atoms. The highest BCUT2D eigenvalue weighted by Gasteiger charge is 2.55. The number of nitrogens with zero attached hydrogens (tertiary/aromatic N) is 10. The van der Waals surface area contributed by atoms with Crippen molar-refractivity contribution in [2.75, 3.05) is 43.6 Å². The summed E-state index contributed by atoms with van der Waals surface area (Å²) in [6, 6.07) is 1.11. The fourth-order valence-corrected chi connectivity index (χ4v) is 12.7. The molecule has 0 saturated carbocycles. The fraction of sp³-hybridized carbons (Fsp3) is 0.538. The molecule has 0 radical (unpaired) electrons. The molecule has 86 heavy (non-hydrogen) atoms.